The van der Waals surface area contributed by atoms with Crippen molar-refractivity contribution in [3.63, 3.8) is 0 Å². The summed E-state index contributed by atoms with van der Waals surface area (Å²) in [5.41, 5.74) is 4.90. The van der Waals surface area contributed by atoms with Crippen molar-refractivity contribution in [2.75, 3.05) is 17.3 Å². The Morgan fingerprint density at radius 3 is 2.21 bits per heavy atom. The molecule has 0 aliphatic carbocycles. The van der Waals surface area contributed by atoms with Crippen LogP contribution in [0.2, 0.25) is 0 Å². The summed E-state index contributed by atoms with van der Waals surface area (Å²) >= 11 is 1.75. The van der Waals surface area contributed by atoms with Gasteiger partial charge in [0.1, 0.15) is 5.82 Å². The topological polar surface area (TPSA) is 41.9 Å². The van der Waals surface area contributed by atoms with E-state index in [4.69, 9.17) is 9.73 Å². The lowest BCUT2D eigenvalue weighted by Crippen LogP contribution is -2.24. The van der Waals surface area contributed by atoms with Crippen LogP contribution >= 0.6 is 11.8 Å². The first-order chi connectivity index (χ1) is 16.2. The Morgan fingerprint density at radius 2 is 1.58 bits per heavy atom. The molecule has 4 nitrogen and oxygen atoms in total. The number of rotatable bonds is 7. The number of carbonyl (C=O) groups excluding carboxylic acids is 1. The Bertz CT molecular complexity index is 1080. The van der Waals surface area contributed by atoms with Crippen LogP contribution in [0.1, 0.15) is 42.3 Å². The number of nitrogens with zero attached hydrogens (tertiary/aromatic N) is 2. The molecule has 0 saturated carbocycles. The molecule has 33 heavy (non-hydrogen) atoms. The fraction of sp³-hybridized carbons (Fsp3) is 0.214. The van der Waals surface area contributed by atoms with Crippen LogP contribution in [0.25, 0.3) is 0 Å². The van der Waals surface area contributed by atoms with Gasteiger partial charge < -0.3 is 9.64 Å². The highest BCUT2D eigenvalue weighted by molar-refractivity contribution is 8.02. The van der Waals surface area contributed by atoms with Crippen LogP contribution in [0, 0.1) is 0 Å². The maximum atomic E-state index is 12.0. The molecule has 0 bridgehead atoms. The predicted molar refractivity (Wildman–Crippen MR) is 140 cm³/mol. The van der Waals surface area contributed by atoms with Crippen molar-refractivity contribution in [1.29, 1.82) is 0 Å². The first-order valence-electron chi connectivity index (χ1n) is 11.3. The number of hydrogen-bond acceptors (Lipinski definition) is 5. The highest BCUT2D eigenvalue weighted by Crippen LogP contribution is 2.29. The molecular weight excluding hydrogens is 428 g/mol. The van der Waals surface area contributed by atoms with Gasteiger partial charge in [-0.25, -0.2) is 9.79 Å². The number of aliphatic imine (C=N–C) groups is 1. The van der Waals surface area contributed by atoms with Crippen molar-refractivity contribution in [2.24, 2.45) is 4.99 Å². The number of carbonyl (C=O) groups is 1. The van der Waals surface area contributed by atoms with Gasteiger partial charge in [0, 0.05) is 23.4 Å². The minimum Gasteiger partial charge on any atom is -0.462 e. The van der Waals surface area contributed by atoms with Gasteiger partial charge in [-0.2, -0.15) is 0 Å². The summed E-state index contributed by atoms with van der Waals surface area (Å²) in [6.45, 7) is 6.85. The molecule has 0 radical (unpaired) electrons. The van der Waals surface area contributed by atoms with Gasteiger partial charge in [0.25, 0.3) is 0 Å². The number of thioether (sulfide) groups is 1. The SMILES string of the molecule is CC.CCOC(=O)c1ccc(N(Cc2ccccc2)C2=CSCC(c3ccccc3)=N2)cc1. The van der Waals surface area contributed by atoms with Gasteiger partial charge in [-0.1, -0.05) is 74.5 Å². The Morgan fingerprint density at radius 1 is 0.939 bits per heavy atom. The van der Waals surface area contributed by atoms with Gasteiger partial charge in [-0.05, 0) is 42.3 Å². The third-order valence-electron chi connectivity index (χ3n) is 4.92. The molecule has 5 heteroatoms. The van der Waals surface area contributed by atoms with Crippen molar-refractivity contribution in [3.05, 3.63) is 113 Å². The summed E-state index contributed by atoms with van der Waals surface area (Å²) in [6.07, 6.45) is 0. The van der Waals surface area contributed by atoms with Gasteiger partial charge in [-0.3, -0.25) is 0 Å². The number of ether oxygens (including phenoxy) is 1. The highest BCUT2D eigenvalue weighted by Gasteiger charge is 2.18. The quantitative estimate of drug-likeness (QED) is 0.360. The van der Waals surface area contributed by atoms with E-state index in [1.54, 1.807) is 11.8 Å². The zero-order valence-electron chi connectivity index (χ0n) is 19.4. The van der Waals surface area contributed by atoms with Crippen molar-refractivity contribution in [3.8, 4) is 0 Å². The van der Waals surface area contributed by atoms with E-state index in [0.29, 0.717) is 18.7 Å². The number of anilines is 1. The molecule has 170 valence electrons. The second kappa shape index (κ2) is 12.7. The highest BCUT2D eigenvalue weighted by atomic mass is 32.2. The second-order valence-corrected chi connectivity index (χ2v) is 7.91. The Kier molecular flexibility index (Phi) is 9.33. The number of esters is 1. The van der Waals surface area contributed by atoms with Crippen LogP contribution < -0.4 is 4.90 Å². The van der Waals surface area contributed by atoms with E-state index in [1.807, 2.05) is 81.4 Å². The molecule has 0 unspecified atom stereocenters. The molecule has 0 fully saturated rings. The maximum Gasteiger partial charge on any atom is 0.338 e. The molecule has 1 aliphatic heterocycles. The van der Waals surface area contributed by atoms with Crippen molar-refractivity contribution < 1.29 is 9.53 Å². The average molecular weight is 459 g/mol. The smallest absolute Gasteiger partial charge is 0.338 e. The largest absolute Gasteiger partial charge is 0.462 e. The van der Waals surface area contributed by atoms with E-state index < -0.39 is 0 Å². The van der Waals surface area contributed by atoms with E-state index in [2.05, 4.69) is 34.6 Å². The third-order valence-corrected chi connectivity index (χ3v) is 5.73. The average Bonchev–Trinajstić information content (AvgIpc) is 2.90. The molecule has 3 aromatic rings. The van der Waals surface area contributed by atoms with Crippen molar-refractivity contribution >= 4 is 29.1 Å². The summed E-state index contributed by atoms with van der Waals surface area (Å²) in [4.78, 5) is 19.2. The van der Waals surface area contributed by atoms with E-state index in [1.165, 1.54) is 5.56 Å². The molecular formula is C28H30N2O2S. The first kappa shape index (κ1) is 24.3. The van der Waals surface area contributed by atoms with E-state index in [0.717, 1.165) is 28.5 Å². The molecule has 1 heterocycles. The van der Waals surface area contributed by atoms with Crippen molar-refractivity contribution in [1.82, 2.24) is 0 Å². The molecule has 0 saturated heterocycles. The fourth-order valence-corrected chi connectivity index (χ4v) is 4.16. The molecule has 3 aromatic carbocycles. The lowest BCUT2D eigenvalue weighted by atomic mass is 10.1. The molecule has 4 rings (SSSR count). The number of hydrogen-bond donors (Lipinski definition) is 0. The molecule has 1 aliphatic rings. The van der Waals surface area contributed by atoms with Crippen LogP contribution in [-0.4, -0.2) is 24.0 Å². The van der Waals surface area contributed by atoms with E-state index >= 15 is 0 Å². The maximum absolute atomic E-state index is 12.0. The molecule has 0 aromatic heterocycles. The Hall–Kier alpha value is -3.31. The van der Waals surface area contributed by atoms with Crippen molar-refractivity contribution in [2.45, 2.75) is 27.3 Å². The lowest BCUT2D eigenvalue weighted by Gasteiger charge is -2.27. The Balaban J connectivity index is 0.00000149. The van der Waals surface area contributed by atoms with E-state index in [-0.39, 0.29) is 5.97 Å². The lowest BCUT2D eigenvalue weighted by molar-refractivity contribution is 0.0526. The van der Waals surface area contributed by atoms with Gasteiger partial charge in [0.05, 0.1) is 17.9 Å². The second-order valence-electron chi connectivity index (χ2n) is 7.05. The van der Waals surface area contributed by atoms with Crippen LogP contribution in [-0.2, 0) is 11.3 Å². The summed E-state index contributed by atoms with van der Waals surface area (Å²) in [6, 6.07) is 28.1. The monoisotopic (exact) mass is 458 g/mol. The Labute approximate surface area is 201 Å². The molecule has 0 spiro atoms. The first-order valence-corrected chi connectivity index (χ1v) is 12.3. The molecule has 0 amide bonds. The van der Waals surface area contributed by atoms with Crippen LogP contribution in [0.5, 0.6) is 0 Å². The van der Waals surface area contributed by atoms with Crippen LogP contribution in [0.4, 0.5) is 5.69 Å². The number of benzene rings is 3. The minimum atomic E-state index is -0.305. The van der Waals surface area contributed by atoms with Gasteiger partial charge in [0.15, 0.2) is 0 Å². The summed E-state index contributed by atoms with van der Waals surface area (Å²) < 4.78 is 5.11. The van der Waals surface area contributed by atoms with Gasteiger partial charge in [-0.15, -0.1) is 11.8 Å². The third kappa shape index (κ3) is 6.59. The standard InChI is InChI=1S/C26H24N2O2S.C2H6/c1-2-30-26(29)22-13-15-23(16-14-22)28(17-20-9-5-3-6-10-20)25-19-31-18-24(27-25)21-11-7-4-8-12-21;1-2/h3-16,19H,2,17-18H2,1H3;1-2H3. The minimum absolute atomic E-state index is 0.305. The summed E-state index contributed by atoms with van der Waals surface area (Å²) in [5, 5.41) is 2.11. The van der Waals surface area contributed by atoms with Gasteiger partial charge in [0.2, 0.25) is 0 Å². The molecule has 0 N–H and O–H groups in total. The normalized spacial score (nSPS) is 12.6. The fourth-order valence-electron chi connectivity index (χ4n) is 3.36. The predicted octanol–water partition coefficient (Wildman–Crippen LogP) is 6.93. The summed E-state index contributed by atoms with van der Waals surface area (Å²) in [5.74, 6) is 1.43. The van der Waals surface area contributed by atoms with Gasteiger partial charge >= 0.3 is 5.97 Å². The van der Waals surface area contributed by atoms with E-state index in [9.17, 15) is 4.79 Å². The zero-order valence-corrected chi connectivity index (χ0v) is 20.2. The zero-order chi connectivity index (χ0) is 23.5. The summed E-state index contributed by atoms with van der Waals surface area (Å²) in [7, 11) is 0. The van der Waals surface area contributed by atoms with Crippen LogP contribution in [0.15, 0.2) is 101 Å². The molecule has 0 atom stereocenters. The van der Waals surface area contributed by atoms with Crippen LogP contribution in [0.3, 0.4) is 0 Å².